The third kappa shape index (κ3) is 4.85. The van der Waals surface area contributed by atoms with Crippen LogP contribution in [0.2, 0.25) is 0 Å². The molecule has 1 saturated heterocycles. The fourth-order valence-electron chi connectivity index (χ4n) is 3.05. The Kier molecular flexibility index (Phi) is 6.71. The average Bonchev–Trinajstić information content (AvgIpc) is 3.29. The van der Waals surface area contributed by atoms with E-state index in [0.717, 1.165) is 6.42 Å². The summed E-state index contributed by atoms with van der Waals surface area (Å²) in [6.45, 7) is 3.77. The SMILES string of the molecule is [2H]P(C)O[C@@H]1C[C@H](n2cnc3c(N=CN(C)C)nc(OC(=O)N(C)C)nc32)O[C@@H]1CC. The van der Waals surface area contributed by atoms with E-state index < -0.39 is 14.8 Å². The Balaban J connectivity index is 2.01. The summed E-state index contributed by atoms with van der Waals surface area (Å²) in [4.78, 5) is 32.5. The molecule has 3 rings (SSSR count). The van der Waals surface area contributed by atoms with Crippen LogP contribution in [-0.2, 0) is 9.26 Å². The van der Waals surface area contributed by atoms with Crippen LogP contribution in [0.4, 0.5) is 10.6 Å². The van der Waals surface area contributed by atoms with Crippen molar-refractivity contribution in [3.63, 3.8) is 0 Å². The van der Waals surface area contributed by atoms with Crippen molar-refractivity contribution in [2.45, 2.75) is 38.2 Å². The predicted octanol–water partition coefficient (Wildman–Crippen LogP) is 2.41. The fourth-order valence-corrected chi connectivity index (χ4v) is 3.54. The fraction of sp³-hybridized carbons (Fsp3) is 0.611. The molecule has 2 aromatic heterocycles. The van der Waals surface area contributed by atoms with E-state index in [-0.39, 0.29) is 30.3 Å². The molecule has 0 saturated carbocycles. The normalized spacial score (nSPS) is 23.0. The second-order valence-corrected chi connectivity index (χ2v) is 7.80. The lowest BCUT2D eigenvalue weighted by Crippen LogP contribution is -2.26. The number of aromatic nitrogens is 4. The van der Waals surface area contributed by atoms with Crippen molar-refractivity contribution in [3.05, 3.63) is 6.33 Å². The van der Waals surface area contributed by atoms with Crippen LogP contribution in [-0.4, -0.2) is 90.1 Å². The van der Waals surface area contributed by atoms with Gasteiger partial charge in [0.25, 0.3) is 0 Å². The minimum atomic E-state index is -1.26. The van der Waals surface area contributed by atoms with Gasteiger partial charge in [0, 0.05) is 43.4 Å². The van der Waals surface area contributed by atoms with Crippen molar-refractivity contribution in [1.29, 1.82) is 1.28 Å². The highest BCUT2D eigenvalue weighted by Crippen LogP contribution is 2.37. The van der Waals surface area contributed by atoms with Gasteiger partial charge in [0.1, 0.15) is 6.23 Å². The molecule has 1 fully saturated rings. The number of ether oxygens (including phenoxy) is 2. The van der Waals surface area contributed by atoms with Crippen LogP contribution in [0.3, 0.4) is 0 Å². The highest BCUT2D eigenvalue weighted by molar-refractivity contribution is 7.31. The van der Waals surface area contributed by atoms with Crippen molar-refractivity contribution >= 4 is 38.2 Å². The predicted molar refractivity (Wildman–Crippen MR) is 115 cm³/mol. The van der Waals surface area contributed by atoms with Gasteiger partial charge in [-0.3, -0.25) is 4.57 Å². The molecule has 0 spiro atoms. The topological polar surface area (TPSA) is 107 Å². The summed E-state index contributed by atoms with van der Waals surface area (Å²) in [7, 11) is 5.55. The summed E-state index contributed by atoms with van der Waals surface area (Å²) in [6, 6.07) is -0.125. The van der Waals surface area contributed by atoms with E-state index in [1.54, 1.807) is 42.9 Å². The molecule has 2 aromatic rings. The molecule has 30 heavy (non-hydrogen) atoms. The summed E-state index contributed by atoms with van der Waals surface area (Å²) < 4.78 is 26.8. The van der Waals surface area contributed by atoms with E-state index in [9.17, 15) is 4.79 Å². The first-order valence-electron chi connectivity index (χ1n) is 10.0. The zero-order chi connectivity index (χ0) is 22.7. The van der Waals surface area contributed by atoms with Crippen LogP contribution in [0.5, 0.6) is 6.01 Å². The largest absolute Gasteiger partial charge is 0.417 e. The number of hydrogen-bond donors (Lipinski definition) is 0. The number of fused-ring (bicyclic) bond motifs is 1. The molecule has 1 unspecified atom stereocenters. The molecule has 0 N–H and O–H groups in total. The number of aliphatic imine (C=N–C) groups is 1. The summed E-state index contributed by atoms with van der Waals surface area (Å²) in [5.41, 5.74) is 0.898. The van der Waals surface area contributed by atoms with E-state index >= 15 is 0 Å². The van der Waals surface area contributed by atoms with E-state index in [1.807, 2.05) is 21.0 Å². The van der Waals surface area contributed by atoms with Crippen LogP contribution >= 0.6 is 8.75 Å². The van der Waals surface area contributed by atoms with Gasteiger partial charge >= 0.3 is 12.1 Å². The van der Waals surface area contributed by atoms with E-state index in [2.05, 4.69) is 19.9 Å². The lowest BCUT2D eigenvalue weighted by Gasteiger charge is -2.15. The second-order valence-electron chi connectivity index (χ2n) is 7.22. The molecule has 1 aliphatic heterocycles. The van der Waals surface area contributed by atoms with Crippen LogP contribution in [0.25, 0.3) is 11.2 Å². The number of amides is 1. The lowest BCUT2D eigenvalue weighted by atomic mass is 10.1. The molecule has 12 heteroatoms. The van der Waals surface area contributed by atoms with Gasteiger partial charge in [-0.05, 0) is 13.1 Å². The monoisotopic (exact) mass is 438 g/mol. The first-order valence-corrected chi connectivity index (χ1v) is 10.8. The summed E-state index contributed by atoms with van der Waals surface area (Å²) >= 11 is 0. The number of hydrogen-bond acceptors (Lipinski definition) is 8. The van der Waals surface area contributed by atoms with Crippen molar-refractivity contribution in [2.24, 2.45) is 4.99 Å². The minimum absolute atomic E-state index is 0.125. The quantitative estimate of drug-likeness (QED) is 0.369. The summed E-state index contributed by atoms with van der Waals surface area (Å²) in [6.07, 6.45) is 3.22. The number of carbonyl (C=O) groups excluding carboxylic acids is 1. The molecule has 0 aliphatic carbocycles. The Morgan fingerprint density at radius 1 is 1.47 bits per heavy atom. The van der Waals surface area contributed by atoms with Crippen LogP contribution < -0.4 is 4.74 Å². The highest BCUT2D eigenvalue weighted by atomic mass is 31.1. The maximum absolute atomic E-state index is 12.0. The minimum Gasteiger partial charge on any atom is -0.374 e. The van der Waals surface area contributed by atoms with Gasteiger partial charge in [0.2, 0.25) is 0 Å². The van der Waals surface area contributed by atoms with E-state index in [0.29, 0.717) is 17.6 Å². The molecule has 0 aromatic carbocycles. The molecule has 0 radical (unpaired) electrons. The van der Waals surface area contributed by atoms with Gasteiger partial charge in [-0.2, -0.15) is 9.97 Å². The number of rotatable bonds is 7. The molecule has 164 valence electrons. The number of carbonyl (C=O) groups is 1. The van der Waals surface area contributed by atoms with E-state index in [1.165, 1.54) is 4.90 Å². The molecular weight excluding hydrogens is 409 g/mol. The Morgan fingerprint density at radius 2 is 2.23 bits per heavy atom. The molecule has 0 bridgehead atoms. The number of nitrogens with zero attached hydrogens (tertiary/aromatic N) is 7. The molecule has 4 atom stereocenters. The Bertz CT molecular complexity index is 952. The molecule has 11 nitrogen and oxygen atoms in total. The first-order chi connectivity index (χ1) is 14.7. The van der Waals surface area contributed by atoms with Gasteiger partial charge in [-0.15, -0.1) is 0 Å². The van der Waals surface area contributed by atoms with Crippen molar-refractivity contribution in [1.82, 2.24) is 29.3 Å². The van der Waals surface area contributed by atoms with Gasteiger partial charge < -0.3 is 23.8 Å². The third-order valence-corrected chi connectivity index (χ3v) is 4.95. The summed E-state index contributed by atoms with van der Waals surface area (Å²) in [5, 5.41) is 0. The Labute approximate surface area is 178 Å². The zero-order valence-electron chi connectivity index (χ0n) is 19.0. The Hall–Kier alpha value is -2.36. The lowest BCUT2D eigenvalue weighted by molar-refractivity contribution is -0.0125. The third-order valence-electron chi connectivity index (χ3n) is 4.47. The number of imidazole rings is 1. The zero-order valence-corrected chi connectivity index (χ0v) is 18.9. The maximum atomic E-state index is 12.0. The highest BCUT2D eigenvalue weighted by Gasteiger charge is 2.36. The summed E-state index contributed by atoms with van der Waals surface area (Å²) in [5.74, 6) is 0.278. The average molecular weight is 438 g/mol. The van der Waals surface area contributed by atoms with Gasteiger partial charge in [-0.1, -0.05) is 6.92 Å². The van der Waals surface area contributed by atoms with Crippen molar-refractivity contribution in [3.8, 4) is 6.01 Å². The van der Waals surface area contributed by atoms with Crippen LogP contribution in [0.1, 0.15) is 26.0 Å². The van der Waals surface area contributed by atoms with E-state index in [4.69, 9.17) is 15.3 Å². The first kappa shape index (κ1) is 20.9. The van der Waals surface area contributed by atoms with Crippen LogP contribution in [0.15, 0.2) is 11.3 Å². The molecule has 1 aliphatic rings. The smallest absolute Gasteiger partial charge is 0.374 e. The van der Waals surface area contributed by atoms with Crippen molar-refractivity contribution < 1.29 is 18.8 Å². The molecular formula is C18H28N7O4P. The van der Waals surface area contributed by atoms with Gasteiger partial charge in [0.05, 0.1) is 26.2 Å². The van der Waals surface area contributed by atoms with Crippen molar-refractivity contribution in [2.75, 3.05) is 34.9 Å². The Morgan fingerprint density at radius 3 is 2.87 bits per heavy atom. The standard InChI is InChI=1S/C18H28N7O4P/c1-7-11-12(29-30-6)8-13(27-11)25-10-19-14-15(20-9-23(2)3)21-17(22-16(14)25)28-18(26)24(4)5/h9-13,30H,7-8H2,1-6H3/t11-,12-,13-,30?/m1/s1/i30D. The van der Waals surface area contributed by atoms with Gasteiger partial charge in [-0.25, -0.2) is 14.8 Å². The molecule has 3 heterocycles. The van der Waals surface area contributed by atoms with Crippen LogP contribution in [0, 0.1) is 0 Å². The molecule has 1 amide bonds. The second kappa shape index (κ2) is 9.63. The maximum Gasteiger partial charge on any atom is 0.417 e. The van der Waals surface area contributed by atoms with Gasteiger partial charge in [0.15, 0.2) is 17.0 Å².